The Bertz CT molecular complexity index is 562. The molecule has 0 aliphatic carbocycles. The summed E-state index contributed by atoms with van der Waals surface area (Å²) in [6.45, 7) is 0.116. The highest BCUT2D eigenvalue weighted by molar-refractivity contribution is 9.11. The molecule has 19 heavy (non-hydrogen) atoms. The Hall–Kier alpha value is -1.37. The molecule has 1 amide bonds. The lowest BCUT2D eigenvalue weighted by atomic mass is 10.2. The number of carbonyl (C=O) groups is 1. The lowest BCUT2D eigenvalue weighted by Gasteiger charge is -2.07. The van der Waals surface area contributed by atoms with Crippen LogP contribution in [0, 0.1) is 0 Å². The van der Waals surface area contributed by atoms with E-state index in [2.05, 4.69) is 21.2 Å². The largest absolute Gasteiger partial charge is 0.467 e. The van der Waals surface area contributed by atoms with Gasteiger partial charge in [0.25, 0.3) is 0 Å². The van der Waals surface area contributed by atoms with Gasteiger partial charge in [0.15, 0.2) is 0 Å². The molecule has 1 atom stereocenters. The molecule has 0 fully saturated rings. The highest BCUT2D eigenvalue weighted by Gasteiger charge is 2.10. The molecule has 0 radical (unpaired) electrons. The summed E-state index contributed by atoms with van der Waals surface area (Å²) in [5, 5.41) is 12.3. The number of furan rings is 1. The Kier molecular flexibility index (Phi) is 4.95. The molecular weight excluding hydrogens is 330 g/mol. The van der Waals surface area contributed by atoms with Gasteiger partial charge in [-0.15, -0.1) is 11.3 Å². The minimum atomic E-state index is -0.830. The maximum Gasteiger partial charge on any atom is 0.244 e. The van der Waals surface area contributed by atoms with Crippen LogP contribution in [0.2, 0.25) is 0 Å². The van der Waals surface area contributed by atoms with Crippen LogP contribution in [0.25, 0.3) is 6.08 Å². The van der Waals surface area contributed by atoms with Crippen LogP contribution in [-0.4, -0.2) is 17.6 Å². The molecular formula is C13H12BrNO3S. The van der Waals surface area contributed by atoms with Gasteiger partial charge in [0, 0.05) is 11.0 Å². The molecule has 100 valence electrons. The zero-order valence-corrected chi connectivity index (χ0v) is 12.3. The number of carbonyl (C=O) groups excluding carboxylic acids is 1. The Labute approximate surface area is 122 Å². The van der Waals surface area contributed by atoms with Crippen molar-refractivity contribution >= 4 is 39.2 Å². The number of hydrogen-bond donors (Lipinski definition) is 2. The third-order valence-corrected chi connectivity index (χ3v) is 3.92. The molecule has 2 aromatic rings. The minimum Gasteiger partial charge on any atom is -0.467 e. The standard InChI is InChI=1S/C13H12BrNO3S/c14-12-5-3-9(19-12)4-6-13(17)15-8-10(16)11-2-1-7-18-11/h1-7,10,16H,8H2,(H,15,17)/b6-4+. The second kappa shape index (κ2) is 6.70. The second-order valence-electron chi connectivity index (χ2n) is 3.75. The van der Waals surface area contributed by atoms with E-state index in [9.17, 15) is 9.90 Å². The molecule has 0 aliphatic rings. The molecule has 4 nitrogen and oxygen atoms in total. The third-order valence-electron chi connectivity index (χ3n) is 2.33. The summed E-state index contributed by atoms with van der Waals surface area (Å²) in [5.41, 5.74) is 0. The van der Waals surface area contributed by atoms with Crippen LogP contribution in [0.5, 0.6) is 0 Å². The van der Waals surface area contributed by atoms with E-state index in [-0.39, 0.29) is 12.5 Å². The van der Waals surface area contributed by atoms with Crippen molar-refractivity contribution in [3.63, 3.8) is 0 Å². The van der Waals surface area contributed by atoms with Crippen LogP contribution in [0.15, 0.2) is 44.8 Å². The SMILES string of the molecule is O=C(/C=C/c1ccc(Br)s1)NCC(O)c1ccco1. The number of thiophene rings is 1. The average molecular weight is 342 g/mol. The fraction of sp³-hybridized carbons (Fsp3) is 0.154. The van der Waals surface area contributed by atoms with Crippen LogP contribution >= 0.6 is 27.3 Å². The monoisotopic (exact) mass is 341 g/mol. The molecule has 2 heterocycles. The van der Waals surface area contributed by atoms with Crippen LogP contribution < -0.4 is 5.32 Å². The summed E-state index contributed by atoms with van der Waals surface area (Å²) >= 11 is 4.89. The topological polar surface area (TPSA) is 62.5 Å². The maximum absolute atomic E-state index is 11.6. The highest BCUT2D eigenvalue weighted by atomic mass is 79.9. The number of amides is 1. The first-order chi connectivity index (χ1) is 9.15. The van der Waals surface area contributed by atoms with Crippen molar-refractivity contribution in [3.05, 3.63) is 51.0 Å². The Morgan fingerprint density at radius 2 is 2.37 bits per heavy atom. The van der Waals surface area contributed by atoms with Crippen LogP contribution in [0.3, 0.4) is 0 Å². The minimum absolute atomic E-state index is 0.116. The molecule has 0 bridgehead atoms. The first kappa shape index (κ1) is 14.0. The lowest BCUT2D eigenvalue weighted by Crippen LogP contribution is -2.26. The van der Waals surface area contributed by atoms with Crippen molar-refractivity contribution in [2.45, 2.75) is 6.10 Å². The normalized spacial score (nSPS) is 12.7. The predicted octanol–water partition coefficient (Wildman–Crippen LogP) is 2.97. The molecule has 0 spiro atoms. The van der Waals surface area contributed by atoms with Gasteiger partial charge in [-0.1, -0.05) is 0 Å². The fourth-order valence-electron chi connectivity index (χ4n) is 1.41. The van der Waals surface area contributed by atoms with Gasteiger partial charge in [0.2, 0.25) is 5.91 Å². The van der Waals surface area contributed by atoms with Gasteiger partial charge >= 0.3 is 0 Å². The van der Waals surface area contributed by atoms with Crippen molar-refractivity contribution in [2.24, 2.45) is 0 Å². The van der Waals surface area contributed by atoms with Crippen molar-refractivity contribution in [1.29, 1.82) is 0 Å². The smallest absolute Gasteiger partial charge is 0.244 e. The molecule has 0 saturated heterocycles. The number of rotatable bonds is 5. The summed E-state index contributed by atoms with van der Waals surface area (Å²) in [6, 6.07) is 7.18. The first-order valence-electron chi connectivity index (χ1n) is 5.58. The average Bonchev–Trinajstić information content (AvgIpc) is 3.04. The fourth-order valence-corrected chi connectivity index (χ4v) is 2.74. The second-order valence-corrected chi connectivity index (χ2v) is 6.25. The Morgan fingerprint density at radius 3 is 3.00 bits per heavy atom. The van der Waals surface area contributed by atoms with Gasteiger partial charge in [0.05, 0.1) is 16.6 Å². The van der Waals surface area contributed by atoms with Gasteiger partial charge in [-0.25, -0.2) is 0 Å². The van der Waals surface area contributed by atoms with Crippen molar-refractivity contribution < 1.29 is 14.3 Å². The Balaban J connectivity index is 1.80. The summed E-state index contributed by atoms with van der Waals surface area (Å²) in [7, 11) is 0. The lowest BCUT2D eigenvalue weighted by molar-refractivity contribution is -0.116. The molecule has 0 aliphatic heterocycles. The molecule has 2 rings (SSSR count). The van der Waals surface area contributed by atoms with Crippen LogP contribution in [0.4, 0.5) is 0 Å². The van der Waals surface area contributed by atoms with Crippen molar-refractivity contribution in [1.82, 2.24) is 5.32 Å². The molecule has 0 saturated carbocycles. The van der Waals surface area contributed by atoms with Crippen molar-refractivity contribution in [2.75, 3.05) is 6.54 Å². The van der Waals surface area contributed by atoms with Crippen LogP contribution in [-0.2, 0) is 4.79 Å². The number of halogens is 1. The molecule has 2 N–H and O–H groups in total. The van der Waals surface area contributed by atoms with E-state index in [1.165, 1.54) is 23.7 Å². The van der Waals surface area contributed by atoms with Crippen LogP contribution in [0.1, 0.15) is 16.7 Å². The number of aliphatic hydroxyl groups is 1. The number of nitrogens with one attached hydrogen (secondary N) is 1. The van der Waals surface area contributed by atoms with E-state index in [1.807, 2.05) is 12.1 Å². The molecule has 6 heteroatoms. The van der Waals surface area contributed by atoms with E-state index in [1.54, 1.807) is 18.2 Å². The van der Waals surface area contributed by atoms with Gasteiger partial charge < -0.3 is 14.8 Å². The zero-order chi connectivity index (χ0) is 13.7. The van der Waals surface area contributed by atoms with Gasteiger partial charge in [-0.2, -0.15) is 0 Å². The zero-order valence-electron chi connectivity index (χ0n) is 9.88. The Morgan fingerprint density at radius 1 is 1.53 bits per heavy atom. The summed E-state index contributed by atoms with van der Waals surface area (Å²) in [4.78, 5) is 12.5. The van der Waals surface area contributed by atoms with E-state index in [4.69, 9.17) is 4.42 Å². The summed E-state index contributed by atoms with van der Waals surface area (Å²) in [5.74, 6) is 0.182. The maximum atomic E-state index is 11.6. The molecule has 2 aromatic heterocycles. The van der Waals surface area contributed by atoms with Crippen molar-refractivity contribution in [3.8, 4) is 0 Å². The molecule has 1 unspecified atom stereocenters. The van der Waals surface area contributed by atoms with E-state index in [0.717, 1.165) is 8.66 Å². The quantitative estimate of drug-likeness (QED) is 0.822. The van der Waals surface area contributed by atoms with Gasteiger partial charge in [0.1, 0.15) is 11.9 Å². The first-order valence-corrected chi connectivity index (χ1v) is 7.19. The predicted molar refractivity (Wildman–Crippen MR) is 77.7 cm³/mol. The van der Waals surface area contributed by atoms with E-state index >= 15 is 0 Å². The summed E-state index contributed by atoms with van der Waals surface area (Å²) < 4.78 is 6.05. The third kappa shape index (κ3) is 4.34. The van der Waals surface area contributed by atoms with Gasteiger partial charge in [-0.05, 0) is 46.3 Å². The summed E-state index contributed by atoms with van der Waals surface area (Å²) in [6.07, 6.45) is 3.81. The van der Waals surface area contributed by atoms with E-state index < -0.39 is 6.10 Å². The highest BCUT2D eigenvalue weighted by Crippen LogP contribution is 2.22. The van der Waals surface area contributed by atoms with Gasteiger partial charge in [-0.3, -0.25) is 4.79 Å². The van der Waals surface area contributed by atoms with E-state index in [0.29, 0.717) is 5.76 Å². The number of aliphatic hydroxyl groups excluding tert-OH is 1. The number of hydrogen-bond acceptors (Lipinski definition) is 4. The molecule has 0 aromatic carbocycles.